The summed E-state index contributed by atoms with van der Waals surface area (Å²) in [6.07, 6.45) is 1.44. The van der Waals surface area contributed by atoms with Crippen molar-refractivity contribution < 1.29 is 9.90 Å². The molecule has 0 unspecified atom stereocenters. The van der Waals surface area contributed by atoms with Crippen molar-refractivity contribution in [1.82, 2.24) is 5.32 Å². The molecule has 17 heavy (non-hydrogen) atoms. The van der Waals surface area contributed by atoms with Gasteiger partial charge in [0.05, 0.1) is 11.7 Å². The molecule has 0 atom stereocenters. The van der Waals surface area contributed by atoms with E-state index in [0.29, 0.717) is 18.0 Å². The smallest absolute Gasteiger partial charge is 0.252 e. The molecule has 5 heteroatoms. The first-order valence-corrected chi connectivity index (χ1v) is 7.34. The van der Waals surface area contributed by atoms with E-state index in [4.69, 9.17) is 5.11 Å². The largest absolute Gasteiger partial charge is 0.393 e. The van der Waals surface area contributed by atoms with E-state index in [9.17, 15) is 4.79 Å². The fourth-order valence-electron chi connectivity index (χ4n) is 1.87. The van der Waals surface area contributed by atoms with Crippen LogP contribution in [0.1, 0.15) is 23.2 Å². The maximum atomic E-state index is 11.9. The number of nitrogens with one attached hydrogen (secondary N) is 1. The van der Waals surface area contributed by atoms with E-state index in [1.807, 2.05) is 18.2 Å². The monoisotopic (exact) mass is 409 g/mol. The van der Waals surface area contributed by atoms with E-state index in [-0.39, 0.29) is 12.0 Å². The predicted octanol–water partition coefficient (Wildman–Crippen LogP) is 2.55. The van der Waals surface area contributed by atoms with Gasteiger partial charge in [0.15, 0.2) is 0 Å². The minimum atomic E-state index is -0.164. The van der Waals surface area contributed by atoms with E-state index < -0.39 is 0 Å². The van der Waals surface area contributed by atoms with Crippen molar-refractivity contribution in [2.75, 3.05) is 6.54 Å². The van der Waals surface area contributed by atoms with Gasteiger partial charge in [0.1, 0.15) is 0 Å². The van der Waals surface area contributed by atoms with Crippen LogP contribution in [0.5, 0.6) is 0 Å². The molecule has 0 heterocycles. The highest BCUT2D eigenvalue weighted by atomic mass is 127. The Kier molecular flexibility index (Phi) is 4.43. The molecule has 0 aliphatic heterocycles. The van der Waals surface area contributed by atoms with Gasteiger partial charge in [-0.15, -0.1) is 0 Å². The summed E-state index contributed by atoms with van der Waals surface area (Å²) in [5, 5.41) is 12.1. The molecule has 1 aromatic rings. The third kappa shape index (κ3) is 3.42. The van der Waals surface area contributed by atoms with Crippen LogP contribution in [0.25, 0.3) is 0 Å². The third-order valence-corrected chi connectivity index (χ3v) is 4.37. The van der Waals surface area contributed by atoms with Crippen molar-refractivity contribution in [3.63, 3.8) is 0 Å². The van der Waals surface area contributed by atoms with Crippen molar-refractivity contribution in [3.05, 3.63) is 31.8 Å². The summed E-state index contributed by atoms with van der Waals surface area (Å²) in [5.74, 6) is 0.385. The fourth-order valence-corrected chi connectivity index (χ4v) is 2.81. The molecular weight excluding hydrogens is 397 g/mol. The van der Waals surface area contributed by atoms with Crippen LogP contribution in [0.15, 0.2) is 22.7 Å². The zero-order chi connectivity index (χ0) is 12.4. The molecule has 0 radical (unpaired) electrons. The molecule has 1 aliphatic carbocycles. The summed E-state index contributed by atoms with van der Waals surface area (Å²) in [5.41, 5.74) is 0.694. The van der Waals surface area contributed by atoms with Crippen molar-refractivity contribution in [2.24, 2.45) is 5.92 Å². The highest BCUT2D eigenvalue weighted by molar-refractivity contribution is 14.1. The van der Waals surface area contributed by atoms with Gasteiger partial charge in [-0.3, -0.25) is 4.79 Å². The van der Waals surface area contributed by atoms with Crippen LogP contribution in [0.3, 0.4) is 0 Å². The van der Waals surface area contributed by atoms with Crippen LogP contribution in [-0.2, 0) is 0 Å². The summed E-state index contributed by atoms with van der Waals surface area (Å²) in [4.78, 5) is 11.9. The van der Waals surface area contributed by atoms with Gasteiger partial charge in [0.25, 0.3) is 5.91 Å². The molecule has 3 nitrogen and oxygen atoms in total. The van der Waals surface area contributed by atoms with Gasteiger partial charge in [-0.05, 0) is 59.5 Å². The number of rotatable bonds is 3. The number of halogens is 2. The SMILES string of the molecule is O=C(NCC1CC(O)C1)c1cc(Br)ccc1I. The Balaban J connectivity index is 1.92. The predicted molar refractivity (Wildman–Crippen MR) is 77.9 cm³/mol. The van der Waals surface area contributed by atoms with Crippen molar-refractivity contribution in [3.8, 4) is 0 Å². The standard InChI is InChI=1S/C12H13BrINO2/c13-8-1-2-11(14)10(5-8)12(17)15-6-7-3-9(16)4-7/h1-2,5,7,9,16H,3-4,6H2,(H,15,17). The maximum absolute atomic E-state index is 11.9. The lowest BCUT2D eigenvalue weighted by Gasteiger charge is -2.31. The summed E-state index contributed by atoms with van der Waals surface area (Å²) in [6.45, 7) is 0.651. The van der Waals surface area contributed by atoms with Gasteiger partial charge < -0.3 is 10.4 Å². The number of carbonyl (C=O) groups is 1. The molecule has 92 valence electrons. The molecule has 0 bridgehead atoms. The van der Waals surface area contributed by atoms with Crippen LogP contribution in [-0.4, -0.2) is 23.7 Å². The second kappa shape index (κ2) is 5.67. The number of benzene rings is 1. The molecule has 0 spiro atoms. The lowest BCUT2D eigenvalue weighted by atomic mass is 9.82. The molecule has 0 saturated heterocycles. The molecule has 2 rings (SSSR count). The second-order valence-corrected chi connectivity index (χ2v) is 6.40. The lowest BCUT2D eigenvalue weighted by Crippen LogP contribution is -2.38. The highest BCUT2D eigenvalue weighted by Gasteiger charge is 2.27. The molecule has 2 N–H and O–H groups in total. The normalized spacial score (nSPS) is 23.0. The van der Waals surface area contributed by atoms with Crippen LogP contribution in [0, 0.1) is 9.49 Å². The van der Waals surface area contributed by atoms with E-state index in [1.165, 1.54) is 0 Å². The quantitative estimate of drug-likeness (QED) is 0.753. The molecule has 1 saturated carbocycles. The van der Waals surface area contributed by atoms with Gasteiger partial charge in [-0.1, -0.05) is 15.9 Å². The van der Waals surface area contributed by atoms with E-state index in [1.54, 1.807) is 0 Å². The summed E-state index contributed by atoms with van der Waals surface area (Å²) < 4.78 is 1.85. The van der Waals surface area contributed by atoms with Gasteiger partial charge in [-0.2, -0.15) is 0 Å². The summed E-state index contributed by atoms with van der Waals surface area (Å²) in [6, 6.07) is 5.65. The van der Waals surface area contributed by atoms with E-state index in [0.717, 1.165) is 20.9 Å². The first-order valence-electron chi connectivity index (χ1n) is 5.47. The average molecular weight is 410 g/mol. The van der Waals surface area contributed by atoms with E-state index in [2.05, 4.69) is 43.8 Å². The Bertz CT molecular complexity index is 433. The Hall–Kier alpha value is -0.140. The number of aliphatic hydroxyl groups is 1. The minimum Gasteiger partial charge on any atom is -0.393 e. The molecule has 1 amide bonds. The lowest BCUT2D eigenvalue weighted by molar-refractivity contribution is 0.0420. The number of carbonyl (C=O) groups excluding carboxylic acids is 1. The highest BCUT2D eigenvalue weighted by Crippen LogP contribution is 2.26. The summed E-state index contributed by atoms with van der Waals surface area (Å²) >= 11 is 5.52. The van der Waals surface area contributed by atoms with Crippen molar-refractivity contribution in [1.29, 1.82) is 0 Å². The molecule has 1 aliphatic rings. The number of hydrogen-bond acceptors (Lipinski definition) is 2. The average Bonchev–Trinajstić information content (AvgIpc) is 2.26. The topological polar surface area (TPSA) is 49.3 Å². The Morgan fingerprint density at radius 3 is 2.88 bits per heavy atom. The number of amides is 1. The molecule has 0 aromatic heterocycles. The van der Waals surface area contributed by atoms with Gasteiger partial charge in [-0.25, -0.2) is 0 Å². The molecule has 1 fully saturated rings. The molecule has 1 aromatic carbocycles. The van der Waals surface area contributed by atoms with Crippen molar-refractivity contribution in [2.45, 2.75) is 18.9 Å². The van der Waals surface area contributed by atoms with E-state index >= 15 is 0 Å². The Morgan fingerprint density at radius 1 is 1.53 bits per heavy atom. The third-order valence-electron chi connectivity index (χ3n) is 2.94. The van der Waals surface area contributed by atoms with Crippen LogP contribution >= 0.6 is 38.5 Å². The second-order valence-electron chi connectivity index (χ2n) is 4.33. The van der Waals surface area contributed by atoms with Crippen molar-refractivity contribution >= 4 is 44.4 Å². The fraction of sp³-hybridized carbons (Fsp3) is 0.417. The first kappa shape index (κ1) is 13.3. The van der Waals surface area contributed by atoms with Gasteiger partial charge >= 0.3 is 0 Å². The summed E-state index contributed by atoms with van der Waals surface area (Å²) in [7, 11) is 0. The van der Waals surface area contributed by atoms with Crippen LogP contribution in [0.4, 0.5) is 0 Å². The Morgan fingerprint density at radius 2 is 2.24 bits per heavy atom. The zero-order valence-corrected chi connectivity index (χ0v) is 12.9. The van der Waals surface area contributed by atoms with Crippen LogP contribution in [0.2, 0.25) is 0 Å². The van der Waals surface area contributed by atoms with Crippen LogP contribution < -0.4 is 5.32 Å². The molecular formula is C12H13BrINO2. The minimum absolute atomic E-state index is 0.0444. The number of hydrogen-bond donors (Lipinski definition) is 2. The van der Waals surface area contributed by atoms with Gasteiger partial charge in [0.2, 0.25) is 0 Å². The first-order chi connectivity index (χ1) is 8.06. The number of aliphatic hydroxyl groups excluding tert-OH is 1. The Labute approximate surface area is 122 Å². The zero-order valence-electron chi connectivity index (χ0n) is 9.12. The maximum Gasteiger partial charge on any atom is 0.252 e. The van der Waals surface area contributed by atoms with Gasteiger partial charge in [0, 0.05) is 14.6 Å².